The van der Waals surface area contributed by atoms with E-state index in [0.717, 1.165) is 22.9 Å². The number of ether oxygens (including phenoxy) is 2. The zero-order valence-corrected chi connectivity index (χ0v) is 73.4. The predicted octanol–water partition coefficient (Wildman–Crippen LogP) is 31.6. The zero-order valence-electron chi connectivity index (χ0n) is 73.4. The molecule has 6 nitrogen and oxygen atoms in total. The molecule has 4 aromatic heterocycles. The van der Waals surface area contributed by atoms with Crippen LogP contribution in [-0.2, 0) is 0 Å². The van der Waals surface area contributed by atoms with E-state index in [-0.39, 0.29) is 0 Å². The van der Waals surface area contributed by atoms with E-state index in [1.807, 2.05) is 18.2 Å². The third-order valence-corrected chi connectivity index (χ3v) is 24.1. The van der Waals surface area contributed by atoms with Gasteiger partial charge in [0.05, 0.1) is 65.5 Å². The highest BCUT2D eigenvalue weighted by molar-refractivity contribution is 6.11. The van der Waals surface area contributed by atoms with Gasteiger partial charge in [0.2, 0.25) is 0 Å². The molecule has 0 radical (unpaired) electrons. The Morgan fingerprint density at radius 3 is 0.806 bits per heavy atom. The Hall–Kier alpha value is -14.7. The second kappa shape index (κ2) is 35.5. The molecule has 0 aliphatic rings. The van der Waals surface area contributed by atoms with Gasteiger partial charge in [-0.05, 0) is 233 Å². The number of methoxy groups -OCH3 is 2. The van der Waals surface area contributed by atoms with Crippen LogP contribution in [0.4, 0.5) is 0 Å². The zero-order chi connectivity index (χ0) is 85.8. The summed E-state index contributed by atoms with van der Waals surface area (Å²) >= 11 is 0. The van der Waals surface area contributed by atoms with Crippen molar-refractivity contribution in [2.24, 2.45) is 0 Å². The molecule has 608 valence electrons. The molecule has 20 aromatic rings. The van der Waals surface area contributed by atoms with Crippen LogP contribution in [0.25, 0.3) is 156 Å². The van der Waals surface area contributed by atoms with Crippen molar-refractivity contribution in [1.29, 1.82) is 0 Å². The second-order valence-electron chi connectivity index (χ2n) is 33.1. The predicted molar refractivity (Wildman–Crippen MR) is 527 cm³/mol. The first kappa shape index (κ1) is 81.6. The minimum absolute atomic E-state index is 0.848. The quantitative estimate of drug-likeness (QED) is 0.109. The summed E-state index contributed by atoms with van der Waals surface area (Å²) < 4.78 is 21.0. The van der Waals surface area contributed by atoms with Crippen molar-refractivity contribution in [2.45, 2.75) is 83.1 Å². The number of rotatable bonds is 14. The lowest BCUT2D eigenvalue weighted by molar-refractivity contribution is 0.413. The molecule has 124 heavy (non-hydrogen) atoms. The Morgan fingerprint density at radius 1 is 0.169 bits per heavy atom. The number of para-hydroxylation sites is 2. The molecule has 20 rings (SSSR count). The molecule has 0 spiro atoms. The van der Waals surface area contributed by atoms with Crippen molar-refractivity contribution in [2.75, 3.05) is 14.2 Å². The molecule has 6 heteroatoms. The number of fused-ring (bicyclic) bond motifs is 4. The van der Waals surface area contributed by atoms with E-state index in [1.165, 1.54) is 211 Å². The van der Waals surface area contributed by atoms with Gasteiger partial charge in [0.1, 0.15) is 11.5 Å². The Labute approximate surface area is 730 Å². The minimum Gasteiger partial charge on any atom is -0.497 e. The molecule has 0 amide bonds. The molecule has 0 fully saturated rings. The SMILES string of the molecule is COc1cccc(-n2c(-c3ccccc3)c3cc(C)c(C)cc3c2-c2ccccc2)c1.COc1ccccc1-n1c(-c2ccccc2)c2cc(C)c(C)cc2c1-c1ccccc1.Cc1ccc(-c2c3ccccc3c(-c3ccc(C)cc3)n2-c2cc(C)cc(C)c2)cc1.Cc1ccc(-c2c3ccccc3c(-c3ccc(C)cc3)n2-c2ccc(C)cc2C)cc1. The lowest BCUT2D eigenvalue weighted by atomic mass is 9.99. The summed E-state index contributed by atoms with van der Waals surface area (Å²) in [6, 6.07) is 135. The van der Waals surface area contributed by atoms with Crippen LogP contribution >= 0.6 is 0 Å². The van der Waals surface area contributed by atoms with E-state index in [4.69, 9.17) is 9.47 Å². The van der Waals surface area contributed by atoms with Gasteiger partial charge >= 0.3 is 0 Å². The third kappa shape index (κ3) is 16.2. The third-order valence-electron chi connectivity index (χ3n) is 24.1. The van der Waals surface area contributed by atoms with E-state index < -0.39 is 0 Å². The van der Waals surface area contributed by atoms with Gasteiger partial charge in [-0.1, -0.05) is 331 Å². The molecule has 0 atom stereocenters. The molecule has 0 bridgehead atoms. The smallest absolute Gasteiger partial charge is 0.142 e. The van der Waals surface area contributed by atoms with Crippen molar-refractivity contribution in [3.05, 3.63) is 443 Å². The van der Waals surface area contributed by atoms with Crippen molar-refractivity contribution in [1.82, 2.24) is 18.3 Å². The lowest BCUT2D eigenvalue weighted by Crippen LogP contribution is -2.02. The maximum Gasteiger partial charge on any atom is 0.142 e. The van der Waals surface area contributed by atoms with Gasteiger partial charge in [0.15, 0.2) is 0 Å². The standard InChI is InChI=1S/2C30H27N.2C29H25NO/c1-20-9-14-24(15-10-20)29-26-7-5-6-8-27(26)30(25-16-11-21(2)12-17-25)31(29)28-18-13-22(3)19-23(28)4;1-20-9-13-24(14-10-20)29-27-7-5-6-8-28(27)30(25-15-11-21(2)12-16-25)31(29)26-18-22(3)17-23(4)19-26;1-20-18-24-25(19-21(20)2)29(23-14-8-5-9-15-23)30(26-16-10-11-17-27(26)31-3)28(24)22-12-6-4-7-13-22;1-20-17-26-27(18-21(20)2)29(23-13-8-5-9-14-23)30(24-15-10-16-25(19-24)31-3)28(26)22-11-6-4-7-12-22/h2*5-19H,1-4H3;2*4-19H,1-3H3. The summed E-state index contributed by atoms with van der Waals surface area (Å²) in [7, 11) is 3.45. The highest BCUT2D eigenvalue weighted by Crippen LogP contribution is 2.49. The van der Waals surface area contributed by atoms with Gasteiger partial charge in [-0.2, -0.15) is 0 Å². The van der Waals surface area contributed by atoms with Gasteiger partial charge < -0.3 is 27.7 Å². The number of hydrogen-bond donors (Lipinski definition) is 0. The highest BCUT2D eigenvalue weighted by atomic mass is 16.5. The normalized spacial score (nSPS) is 11.1. The second-order valence-corrected chi connectivity index (χ2v) is 33.1. The Balaban J connectivity index is 0.000000117. The van der Waals surface area contributed by atoms with Crippen molar-refractivity contribution >= 4 is 43.1 Å². The van der Waals surface area contributed by atoms with Crippen molar-refractivity contribution in [3.8, 4) is 124 Å². The summed E-state index contributed by atoms with van der Waals surface area (Å²) in [4.78, 5) is 0. The fourth-order valence-corrected chi connectivity index (χ4v) is 17.8. The number of aromatic nitrogens is 4. The first-order chi connectivity index (χ1) is 60.4. The van der Waals surface area contributed by atoms with Crippen molar-refractivity contribution < 1.29 is 9.47 Å². The fourth-order valence-electron chi connectivity index (χ4n) is 17.8. The maximum atomic E-state index is 5.80. The van der Waals surface area contributed by atoms with Crippen LogP contribution in [0.1, 0.15) is 66.8 Å². The average molecular weight is 1610 g/mol. The highest BCUT2D eigenvalue weighted by Gasteiger charge is 2.28. The van der Waals surface area contributed by atoms with Gasteiger partial charge in [-0.3, -0.25) is 0 Å². The Bertz CT molecular complexity index is 6900. The van der Waals surface area contributed by atoms with E-state index in [9.17, 15) is 0 Å². The molecule has 0 saturated heterocycles. The summed E-state index contributed by atoms with van der Waals surface area (Å²) in [5.74, 6) is 1.70. The van der Waals surface area contributed by atoms with Crippen LogP contribution in [0, 0.1) is 83.1 Å². The molecule has 0 saturated carbocycles. The Morgan fingerprint density at radius 2 is 0.460 bits per heavy atom. The van der Waals surface area contributed by atoms with E-state index in [1.54, 1.807) is 14.2 Å². The largest absolute Gasteiger partial charge is 0.497 e. The first-order valence-corrected chi connectivity index (χ1v) is 42.9. The van der Waals surface area contributed by atoms with Crippen LogP contribution in [-0.4, -0.2) is 32.5 Å². The van der Waals surface area contributed by atoms with Crippen LogP contribution < -0.4 is 9.47 Å². The van der Waals surface area contributed by atoms with Crippen LogP contribution in [0.15, 0.2) is 376 Å². The molecule has 16 aromatic carbocycles. The Kier molecular flexibility index (Phi) is 23.4. The topological polar surface area (TPSA) is 38.2 Å². The molecular formula is C118H104N4O2. The van der Waals surface area contributed by atoms with Crippen LogP contribution in [0.2, 0.25) is 0 Å². The molecule has 0 N–H and O–H groups in total. The van der Waals surface area contributed by atoms with Gasteiger partial charge in [0.25, 0.3) is 0 Å². The molecular weight excluding hydrogens is 1510 g/mol. The summed E-state index contributed by atoms with van der Waals surface area (Å²) in [5.41, 5.74) is 39.4. The minimum atomic E-state index is 0.848. The summed E-state index contributed by atoms with van der Waals surface area (Å²) in [6.45, 7) is 26.0. The van der Waals surface area contributed by atoms with E-state index >= 15 is 0 Å². The maximum absolute atomic E-state index is 5.80. The van der Waals surface area contributed by atoms with Gasteiger partial charge in [0, 0.05) is 66.2 Å². The fraction of sp³-hybridized carbons (Fsp3) is 0.119. The number of benzene rings is 16. The summed E-state index contributed by atoms with van der Waals surface area (Å²) in [5, 5.41) is 10.1. The van der Waals surface area contributed by atoms with Crippen LogP contribution in [0.3, 0.4) is 0 Å². The van der Waals surface area contributed by atoms with Gasteiger partial charge in [-0.15, -0.1) is 0 Å². The average Bonchev–Trinajstić information content (AvgIpc) is 1.58. The van der Waals surface area contributed by atoms with Gasteiger partial charge in [-0.25, -0.2) is 0 Å². The lowest BCUT2D eigenvalue weighted by Gasteiger charge is -2.17. The first-order valence-electron chi connectivity index (χ1n) is 42.9. The van der Waals surface area contributed by atoms with E-state index in [2.05, 4.69) is 459 Å². The number of hydrogen-bond acceptors (Lipinski definition) is 2. The summed E-state index contributed by atoms with van der Waals surface area (Å²) in [6.07, 6.45) is 0. The molecule has 0 aliphatic heterocycles. The monoisotopic (exact) mass is 1610 g/mol. The molecule has 4 heterocycles. The van der Waals surface area contributed by atoms with Crippen LogP contribution in [0.5, 0.6) is 11.5 Å². The van der Waals surface area contributed by atoms with E-state index in [0.29, 0.717) is 0 Å². The molecule has 0 aliphatic carbocycles. The number of nitrogens with zero attached hydrogens (tertiary/aromatic N) is 4. The number of aryl methyl sites for hydroxylation is 12. The van der Waals surface area contributed by atoms with Crippen molar-refractivity contribution in [3.63, 3.8) is 0 Å². The molecule has 0 unspecified atom stereocenters.